The third-order valence-electron chi connectivity index (χ3n) is 4.94. The molecular formula is C24H20N6O3. The van der Waals surface area contributed by atoms with E-state index < -0.39 is 23.4 Å². The predicted molar refractivity (Wildman–Crippen MR) is 124 cm³/mol. The van der Waals surface area contributed by atoms with Gasteiger partial charge in [-0.05, 0) is 37.3 Å². The molecule has 0 aliphatic heterocycles. The fourth-order valence-electron chi connectivity index (χ4n) is 3.26. The molecule has 1 atom stereocenters. The SMILES string of the molecule is CC(=NNC(=O)C(NC(=O)c1ccccc1)c1n[nH]c(=O)c2ccccc12)c1ccccn1. The maximum Gasteiger partial charge on any atom is 0.272 e. The first-order valence-corrected chi connectivity index (χ1v) is 10.1. The third-order valence-corrected chi connectivity index (χ3v) is 4.94. The van der Waals surface area contributed by atoms with Crippen molar-refractivity contribution in [2.75, 3.05) is 0 Å². The Morgan fingerprint density at radius 3 is 2.36 bits per heavy atom. The van der Waals surface area contributed by atoms with Gasteiger partial charge in [-0.1, -0.05) is 42.5 Å². The molecule has 0 fully saturated rings. The number of aromatic nitrogens is 3. The number of carbonyl (C=O) groups is 2. The van der Waals surface area contributed by atoms with Crippen molar-refractivity contribution in [3.05, 3.63) is 106 Å². The Labute approximate surface area is 188 Å². The molecule has 0 radical (unpaired) electrons. The van der Waals surface area contributed by atoms with Gasteiger partial charge in [0.25, 0.3) is 17.4 Å². The molecule has 3 N–H and O–H groups in total. The maximum atomic E-state index is 13.2. The van der Waals surface area contributed by atoms with Gasteiger partial charge in [0, 0.05) is 17.1 Å². The maximum absolute atomic E-state index is 13.2. The molecule has 2 aromatic heterocycles. The zero-order valence-electron chi connectivity index (χ0n) is 17.6. The van der Waals surface area contributed by atoms with E-state index in [-0.39, 0.29) is 5.69 Å². The Morgan fingerprint density at radius 1 is 0.939 bits per heavy atom. The van der Waals surface area contributed by atoms with Gasteiger partial charge in [0.2, 0.25) is 0 Å². The second-order valence-electron chi connectivity index (χ2n) is 7.14. The Kier molecular flexibility index (Phi) is 6.31. The molecule has 0 aliphatic rings. The summed E-state index contributed by atoms with van der Waals surface area (Å²) in [6, 6.07) is 19.3. The van der Waals surface area contributed by atoms with Crippen molar-refractivity contribution in [2.45, 2.75) is 13.0 Å². The van der Waals surface area contributed by atoms with Crippen molar-refractivity contribution in [1.29, 1.82) is 0 Å². The molecule has 2 heterocycles. The summed E-state index contributed by atoms with van der Waals surface area (Å²) in [5.41, 5.74) is 3.72. The van der Waals surface area contributed by atoms with Crippen LogP contribution in [0.1, 0.15) is 34.7 Å². The zero-order valence-corrected chi connectivity index (χ0v) is 17.6. The van der Waals surface area contributed by atoms with E-state index in [1.165, 1.54) is 0 Å². The first-order valence-electron chi connectivity index (χ1n) is 10.1. The number of rotatable bonds is 6. The minimum atomic E-state index is -1.22. The van der Waals surface area contributed by atoms with Crippen LogP contribution in [0.5, 0.6) is 0 Å². The average Bonchev–Trinajstić information content (AvgIpc) is 2.87. The van der Waals surface area contributed by atoms with Crippen LogP contribution in [0.4, 0.5) is 0 Å². The summed E-state index contributed by atoms with van der Waals surface area (Å²) in [6.07, 6.45) is 1.62. The van der Waals surface area contributed by atoms with E-state index in [4.69, 9.17) is 0 Å². The lowest BCUT2D eigenvalue weighted by molar-refractivity contribution is -0.123. The van der Waals surface area contributed by atoms with Gasteiger partial charge < -0.3 is 5.32 Å². The van der Waals surface area contributed by atoms with Crippen molar-refractivity contribution in [1.82, 2.24) is 25.9 Å². The number of fused-ring (bicyclic) bond motifs is 1. The zero-order chi connectivity index (χ0) is 23.2. The summed E-state index contributed by atoms with van der Waals surface area (Å²) in [6.45, 7) is 1.70. The first-order chi connectivity index (χ1) is 16.0. The van der Waals surface area contributed by atoms with Crippen molar-refractivity contribution in [3.63, 3.8) is 0 Å². The molecule has 1 unspecified atom stereocenters. The molecule has 0 saturated carbocycles. The molecule has 33 heavy (non-hydrogen) atoms. The van der Waals surface area contributed by atoms with Gasteiger partial charge >= 0.3 is 0 Å². The highest BCUT2D eigenvalue weighted by Gasteiger charge is 2.27. The lowest BCUT2D eigenvalue weighted by atomic mass is 10.0. The standard InChI is InChI=1S/C24H20N6O3/c1-15(19-13-7-8-14-25-19)27-30-24(33)21(26-22(31)16-9-3-2-4-10-16)20-17-11-5-6-12-18(17)23(32)29-28-20/h2-14,21H,1H3,(H,26,31)(H,29,32)(H,30,33). The summed E-state index contributed by atoms with van der Waals surface area (Å²) in [5, 5.41) is 14.1. The van der Waals surface area contributed by atoms with E-state index in [9.17, 15) is 14.4 Å². The number of hydrogen-bond donors (Lipinski definition) is 3. The molecule has 2 amide bonds. The number of nitrogens with zero attached hydrogens (tertiary/aromatic N) is 3. The molecule has 9 nitrogen and oxygen atoms in total. The van der Waals surface area contributed by atoms with Crippen LogP contribution in [0, 0.1) is 0 Å². The summed E-state index contributed by atoms with van der Waals surface area (Å²) >= 11 is 0. The highest BCUT2D eigenvalue weighted by molar-refractivity contribution is 6.00. The summed E-state index contributed by atoms with van der Waals surface area (Å²) in [5.74, 6) is -1.10. The van der Waals surface area contributed by atoms with E-state index in [0.717, 1.165) is 0 Å². The summed E-state index contributed by atoms with van der Waals surface area (Å²) in [4.78, 5) is 42.4. The summed E-state index contributed by atoms with van der Waals surface area (Å²) < 4.78 is 0. The lowest BCUT2D eigenvalue weighted by Crippen LogP contribution is -2.40. The van der Waals surface area contributed by atoms with Crippen LogP contribution in [0.25, 0.3) is 10.8 Å². The third kappa shape index (κ3) is 4.82. The van der Waals surface area contributed by atoms with E-state index in [1.807, 2.05) is 6.07 Å². The van der Waals surface area contributed by atoms with Crippen LogP contribution >= 0.6 is 0 Å². The number of H-pyrrole nitrogens is 1. The monoisotopic (exact) mass is 440 g/mol. The highest BCUT2D eigenvalue weighted by Crippen LogP contribution is 2.20. The quantitative estimate of drug-likeness (QED) is 0.313. The van der Waals surface area contributed by atoms with Crippen LogP contribution in [0.2, 0.25) is 0 Å². The van der Waals surface area contributed by atoms with Gasteiger partial charge in [0.1, 0.15) is 5.69 Å². The van der Waals surface area contributed by atoms with Crippen LogP contribution in [0.15, 0.2) is 88.9 Å². The van der Waals surface area contributed by atoms with Crippen LogP contribution in [-0.2, 0) is 4.79 Å². The second-order valence-corrected chi connectivity index (χ2v) is 7.14. The summed E-state index contributed by atoms with van der Waals surface area (Å²) in [7, 11) is 0. The van der Waals surface area contributed by atoms with Gasteiger partial charge in [-0.3, -0.25) is 19.4 Å². The van der Waals surface area contributed by atoms with Gasteiger partial charge in [-0.2, -0.15) is 10.2 Å². The molecule has 0 spiro atoms. The molecular weight excluding hydrogens is 420 g/mol. The molecule has 2 aromatic carbocycles. The van der Waals surface area contributed by atoms with Gasteiger partial charge in [-0.25, -0.2) is 10.5 Å². The molecule has 0 bridgehead atoms. The number of pyridine rings is 1. The lowest BCUT2D eigenvalue weighted by Gasteiger charge is -2.18. The van der Waals surface area contributed by atoms with Gasteiger partial charge in [-0.15, -0.1) is 0 Å². The molecule has 4 aromatic rings. The van der Waals surface area contributed by atoms with E-state index in [0.29, 0.717) is 27.7 Å². The molecule has 0 saturated heterocycles. The second kappa shape index (κ2) is 9.65. The number of aromatic amines is 1. The van der Waals surface area contributed by atoms with E-state index in [2.05, 4.69) is 31.0 Å². The van der Waals surface area contributed by atoms with Crippen molar-refractivity contribution in [3.8, 4) is 0 Å². The van der Waals surface area contributed by atoms with Crippen LogP contribution < -0.4 is 16.3 Å². The first kappa shape index (κ1) is 21.6. The minimum absolute atomic E-state index is 0.192. The number of hydrazone groups is 1. The molecule has 164 valence electrons. The van der Waals surface area contributed by atoms with Crippen molar-refractivity contribution < 1.29 is 9.59 Å². The topological polar surface area (TPSA) is 129 Å². The number of nitrogens with one attached hydrogen (secondary N) is 3. The molecule has 0 aliphatic carbocycles. The number of amides is 2. The average molecular weight is 440 g/mol. The van der Waals surface area contributed by atoms with Gasteiger partial charge in [0.05, 0.1) is 16.8 Å². The predicted octanol–water partition coefficient (Wildman–Crippen LogP) is 2.33. The van der Waals surface area contributed by atoms with Crippen LogP contribution in [-0.4, -0.2) is 32.7 Å². The number of carbonyl (C=O) groups excluding carboxylic acids is 2. The van der Waals surface area contributed by atoms with Gasteiger partial charge in [0.15, 0.2) is 6.04 Å². The minimum Gasteiger partial charge on any atom is -0.335 e. The number of hydrogen-bond acceptors (Lipinski definition) is 6. The number of benzene rings is 2. The van der Waals surface area contributed by atoms with Crippen molar-refractivity contribution in [2.24, 2.45) is 5.10 Å². The molecule has 9 heteroatoms. The largest absolute Gasteiger partial charge is 0.335 e. The Hall–Kier alpha value is -4.66. The fourth-order valence-corrected chi connectivity index (χ4v) is 3.26. The van der Waals surface area contributed by atoms with E-state index >= 15 is 0 Å². The van der Waals surface area contributed by atoms with Crippen molar-refractivity contribution >= 4 is 28.3 Å². The molecule has 4 rings (SSSR count). The Balaban J connectivity index is 1.70. The Morgan fingerprint density at radius 2 is 1.64 bits per heavy atom. The van der Waals surface area contributed by atoms with Crippen LogP contribution in [0.3, 0.4) is 0 Å². The van der Waals surface area contributed by atoms with E-state index in [1.54, 1.807) is 79.9 Å². The smallest absolute Gasteiger partial charge is 0.272 e. The highest BCUT2D eigenvalue weighted by atomic mass is 16.2. The fraction of sp³-hybridized carbons (Fsp3) is 0.0833. The Bertz CT molecular complexity index is 1380. The normalized spacial score (nSPS) is 12.2.